The molecule has 3 rings (SSSR count). The van der Waals surface area contributed by atoms with Gasteiger partial charge in [0.05, 0.1) is 13.1 Å². The van der Waals surface area contributed by atoms with Gasteiger partial charge in [-0.3, -0.25) is 0 Å². The molecule has 0 spiro atoms. The van der Waals surface area contributed by atoms with Crippen LogP contribution in [0.15, 0.2) is 16.7 Å². The Kier molecular flexibility index (Phi) is 5.21. The van der Waals surface area contributed by atoms with E-state index in [0.717, 1.165) is 35.4 Å². The SMILES string of the molecule is CCNC(=NCc1nc(C(F)(F)F)cs1)NC1CCc2ncnn2C1. The van der Waals surface area contributed by atoms with Crippen LogP contribution in [0.4, 0.5) is 13.2 Å². The topological polar surface area (TPSA) is 80.0 Å². The summed E-state index contributed by atoms with van der Waals surface area (Å²) in [5, 5.41) is 11.9. The second-order valence-electron chi connectivity index (χ2n) is 5.56. The van der Waals surface area contributed by atoms with Gasteiger partial charge in [0.1, 0.15) is 17.2 Å². The molecule has 0 aromatic carbocycles. The maximum atomic E-state index is 12.6. The minimum Gasteiger partial charge on any atom is -0.357 e. The Balaban J connectivity index is 1.62. The third kappa shape index (κ3) is 4.47. The predicted octanol–water partition coefficient (Wildman–Crippen LogP) is 1.82. The Labute approximate surface area is 146 Å². The van der Waals surface area contributed by atoms with E-state index in [4.69, 9.17) is 0 Å². The maximum Gasteiger partial charge on any atom is 0.434 e. The zero-order chi connectivity index (χ0) is 17.9. The summed E-state index contributed by atoms with van der Waals surface area (Å²) in [6.45, 7) is 3.35. The van der Waals surface area contributed by atoms with Crippen LogP contribution in [0.2, 0.25) is 0 Å². The molecule has 0 saturated heterocycles. The van der Waals surface area contributed by atoms with Crippen molar-refractivity contribution in [3.8, 4) is 0 Å². The molecule has 0 radical (unpaired) electrons. The van der Waals surface area contributed by atoms with Crippen LogP contribution in [-0.4, -0.2) is 38.3 Å². The van der Waals surface area contributed by atoms with Gasteiger partial charge in [-0.2, -0.15) is 18.3 Å². The maximum absolute atomic E-state index is 12.6. The van der Waals surface area contributed by atoms with Gasteiger partial charge in [0, 0.05) is 24.4 Å². The number of hydrogen-bond acceptors (Lipinski definition) is 5. The number of thiazole rings is 1. The molecule has 0 bridgehead atoms. The number of aryl methyl sites for hydroxylation is 1. The van der Waals surface area contributed by atoms with Crippen molar-refractivity contribution in [3.63, 3.8) is 0 Å². The molecule has 3 heterocycles. The first kappa shape index (κ1) is 17.6. The number of hydrogen-bond donors (Lipinski definition) is 2. The highest BCUT2D eigenvalue weighted by Gasteiger charge is 2.33. The van der Waals surface area contributed by atoms with Crippen LogP contribution in [0.1, 0.15) is 29.9 Å². The average molecular weight is 373 g/mol. The van der Waals surface area contributed by atoms with Gasteiger partial charge in [-0.1, -0.05) is 0 Å². The Morgan fingerprint density at radius 3 is 3.04 bits per heavy atom. The van der Waals surface area contributed by atoms with Gasteiger partial charge in [0.2, 0.25) is 0 Å². The molecule has 1 aliphatic rings. The highest BCUT2D eigenvalue weighted by atomic mass is 32.1. The van der Waals surface area contributed by atoms with E-state index in [2.05, 4.69) is 30.7 Å². The Bertz CT molecular complexity index is 737. The normalized spacial score (nSPS) is 18.1. The largest absolute Gasteiger partial charge is 0.434 e. The van der Waals surface area contributed by atoms with Crippen molar-refractivity contribution in [3.05, 3.63) is 28.2 Å². The second-order valence-corrected chi connectivity index (χ2v) is 6.50. The number of aromatic nitrogens is 4. The zero-order valence-corrected chi connectivity index (χ0v) is 14.4. The molecule has 2 aromatic heterocycles. The third-order valence-electron chi connectivity index (χ3n) is 3.71. The number of fused-ring (bicyclic) bond motifs is 1. The van der Waals surface area contributed by atoms with E-state index in [-0.39, 0.29) is 12.6 Å². The third-order valence-corrected chi connectivity index (χ3v) is 4.54. The number of alkyl halides is 3. The molecule has 1 atom stereocenters. The summed E-state index contributed by atoms with van der Waals surface area (Å²) in [5.41, 5.74) is -0.869. The molecule has 11 heteroatoms. The van der Waals surface area contributed by atoms with Gasteiger partial charge < -0.3 is 10.6 Å². The molecule has 1 aliphatic heterocycles. The number of aliphatic imine (C=N–C) groups is 1. The lowest BCUT2D eigenvalue weighted by Crippen LogP contribution is -2.47. The van der Waals surface area contributed by atoms with Crippen LogP contribution in [0.25, 0.3) is 0 Å². The minimum atomic E-state index is -4.42. The standard InChI is InChI=1S/C14H18F3N7S/c1-2-18-13(19-5-12-23-10(7-25-12)14(15,16)17)22-9-3-4-11-20-8-21-24(11)6-9/h7-9H,2-6H2,1H3,(H2,18,19,22). The lowest BCUT2D eigenvalue weighted by molar-refractivity contribution is -0.140. The molecule has 2 N–H and O–H groups in total. The Morgan fingerprint density at radius 1 is 1.48 bits per heavy atom. The summed E-state index contributed by atoms with van der Waals surface area (Å²) in [6, 6.07) is 0.133. The number of guanidine groups is 1. The first-order valence-corrected chi connectivity index (χ1v) is 8.76. The van der Waals surface area contributed by atoms with Crippen LogP contribution in [0.3, 0.4) is 0 Å². The van der Waals surface area contributed by atoms with E-state index in [1.807, 2.05) is 11.6 Å². The van der Waals surface area contributed by atoms with Crippen molar-refractivity contribution in [1.29, 1.82) is 0 Å². The summed E-state index contributed by atoms with van der Waals surface area (Å²) in [4.78, 5) is 12.1. The van der Waals surface area contributed by atoms with Gasteiger partial charge in [0.15, 0.2) is 11.7 Å². The molecule has 1 unspecified atom stereocenters. The highest BCUT2D eigenvalue weighted by Crippen LogP contribution is 2.30. The Hall–Kier alpha value is -2.17. The summed E-state index contributed by atoms with van der Waals surface area (Å²) < 4.78 is 39.6. The van der Waals surface area contributed by atoms with Gasteiger partial charge >= 0.3 is 6.18 Å². The molecule has 136 valence electrons. The molecule has 7 nitrogen and oxygen atoms in total. The van der Waals surface area contributed by atoms with E-state index in [1.165, 1.54) is 6.33 Å². The summed E-state index contributed by atoms with van der Waals surface area (Å²) in [6.07, 6.45) is -1.17. The van der Waals surface area contributed by atoms with E-state index in [1.54, 1.807) is 0 Å². The summed E-state index contributed by atoms with van der Waals surface area (Å²) in [5.74, 6) is 1.52. The van der Waals surface area contributed by atoms with Gasteiger partial charge in [-0.15, -0.1) is 11.3 Å². The molecule has 0 aliphatic carbocycles. The lowest BCUT2D eigenvalue weighted by atomic mass is 10.1. The molecular formula is C14H18F3N7S. The summed E-state index contributed by atoms with van der Waals surface area (Å²) in [7, 11) is 0. The fourth-order valence-corrected chi connectivity index (χ4v) is 3.25. The van der Waals surface area contributed by atoms with Crippen molar-refractivity contribution >= 4 is 17.3 Å². The minimum absolute atomic E-state index is 0.0946. The summed E-state index contributed by atoms with van der Waals surface area (Å²) >= 11 is 0.958. The van der Waals surface area contributed by atoms with Crippen molar-refractivity contribution in [2.75, 3.05) is 6.54 Å². The molecule has 2 aromatic rings. The van der Waals surface area contributed by atoms with Gasteiger partial charge in [-0.05, 0) is 13.3 Å². The Morgan fingerprint density at radius 2 is 2.32 bits per heavy atom. The molecule has 25 heavy (non-hydrogen) atoms. The average Bonchev–Trinajstić information content (AvgIpc) is 3.21. The smallest absolute Gasteiger partial charge is 0.357 e. The lowest BCUT2D eigenvalue weighted by Gasteiger charge is -2.25. The van der Waals surface area contributed by atoms with Crippen molar-refractivity contribution < 1.29 is 13.2 Å². The number of nitrogens with one attached hydrogen (secondary N) is 2. The van der Waals surface area contributed by atoms with Crippen LogP contribution in [0, 0.1) is 0 Å². The molecule has 0 fully saturated rings. The number of halogens is 3. The van der Waals surface area contributed by atoms with Crippen LogP contribution < -0.4 is 10.6 Å². The monoisotopic (exact) mass is 373 g/mol. The first-order valence-electron chi connectivity index (χ1n) is 7.89. The fraction of sp³-hybridized carbons (Fsp3) is 0.571. The van der Waals surface area contributed by atoms with Crippen LogP contribution >= 0.6 is 11.3 Å². The second kappa shape index (κ2) is 7.38. The van der Waals surface area contributed by atoms with E-state index in [0.29, 0.717) is 24.1 Å². The molecule has 0 amide bonds. The van der Waals surface area contributed by atoms with Crippen molar-refractivity contribution in [2.45, 2.75) is 45.1 Å². The molecule has 0 saturated carbocycles. The van der Waals surface area contributed by atoms with Gasteiger partial charge in [-0.25, -0.2) is 19.6 Å². The first-order chi connectivity index (χ1) is 12.0. The molecular weight excluding hydrogens is 355 g/mol. The number of nitrogens with zero attached hydrogens (tertiary/aromatic N) is 5. The van der Waals surface area contributed by atoms with E-state index >= 15 is 0 Å². The van der Waals surface area contributed by atoms with Crippen molar-refractivity contribution in [1.82, 2.24) is 30.4 Å². The van der Waals surface area contributed by atoms with E-state index in [9.17, 15) is 13.2 Å². The predicted molar refractivity (Wildman–Crippen MR) is 87.2 cm³/mol. The quantitative estimate of drug-likeness (QED) is 0.631. The zero-order valence-electron chi connectivity index (χ0n) is 13.5. The number of rotatable bonds is 4. The van der Waals surface area contributed by atoms with Crippen LogP contribution in [-0.2, 0) is 25.7 Å². The van der Waals surface area contributed by atoms with Crippen LogP contribution in [0.5, 0.6) is 0 Å². The highest BCUT2D eigenvalue weighted by molar-refractivity contribution is 7.09. The fourth-order valence-electron chi connectivity index (χ4n) is 2.53. The van der Waals surface area contributed by atoms with Crippen molar-refractivity contribution in [2.24, 2.45) is 4.99 Å². The van der Waals surface area contributed by atoms with E-state index < -0.39 is 11.9 Å². The van der Waals surface area contributed by atoms with Gasteiger partial charge in [0.25, 0.3) is 0 Å².